The van der Waals surface area contributed by atoms with Crippen LogP contribution in [0.2, 0.25) is 0 Å². The smallest absolute Gasteiger partial charge is 0.337 e. The predicted molar refractivity (Wildman–Crippen MR) is 84.8 cm³/mol. The molecule has 0 aromatic carbocycles. The number of alkyl halides is 3. The van der Waals surface area contributed by atoms with E-state index in [0.717, 1.165) is 35.7 Å². The Bertz CT molecular complexity index is 653. The summed E-state index contributed by atoms with van der Waals surface area (Å²) >= 11 is 0. The first kappa shape index (κ1) is 18.8. The summed E-state index contributed by atoms with van der Waals surface area (Å²) in [6.45, 7) is 1.91. The summed E-state index contributed by atoms with van der Waals surface area (Å²) in [4.78, 5) is 6.61. The standard InChI is InChI=1S/C14H19F3N6.ClH/c1-21-4-3-19-13(21)12-7-18-2-5-22(12)8-11-6-20-23(9-11)10-14(15,16)17;/h3-4,6,9,12,18H,2,5,7-8,10H2,1H3;1H. The van der Waals surface area contributed by atoms with Crippen molar-refractivity contribution in [2.75, 3.05) is 19.6 Å². The van der Waals surface area contributed by atoms with Gasteiger partial charge >= 0.3 is 6.18 Å². The van der Waals surface area contributed by atoms with E-state index >= 15 is 0 Å². The molecule has 1 aliphatic heterocycles. The number of aromatic nitrogens is 4. The first-order chi connectivity index (χ1) is 10.9. The van der Waals surface area contributed by atoms with Crippen molar-refractivity contribution in [1.82, 2.24) is 29.5 Å². The van der Waals surface area contributed by atoms with Gasteiger partial charge in [0.1, 0.15) is 12.4 Å². The molecule has 2 aromatic heterocycles. The van der Waals surface area contributed by atoms with Crippen LogP contribution in [0.3, 0.4) is 0 Å². The van der Waals surface area contributed by atoms with Gasteiger partial charge in [-0.25, -0.2) is 4.98 Å². The van der Waals surface area contributed by atoms with Crippen LogP contribution >= 0.6 is 12.4 Å². The van der Waals surface area contributed by atoms with E-state index in [2.05, 4.69) is 20.3 Å². The fraction of sp³-hybridized carbons (Fsp3) is 0.571. The Hall–Kier alpha value is -1.58. The van der Waals surface area contributed by atoms with E-state index in [1.54, 1.807) is 6.20 Å². The van der Waals surface area contributed by atoms with Crippen molar-refractivity contribution >= 4 is 12.4 Å². The van der Waals surface area contributed by atoms with Crippen LogP contribution in [0.15, 0.2) is 24.8 Å². The number of nitrogens with zero attached hydrogens (tertiary/aromatic N) is 5. The Morgan fingerprint density at radius 1 is 1.38 bits per heavy atom. The molecule has 10 heteroatoms. The van der Waals surface area contributed by atoms with Crippen LogP contribution in [0, 0.1) is 0 Å². The number of imidazole rings is 1. The van der Waals surface area contributed by atoms with Gasteiger partial charge in [-0.3, -0.25) is 9.58 Å². The molecule has 1 unspecified atom stereocenters. The van der Waals surface area contributed by atoms with Crippen LogP contribution in [-0.2, 0) is 20.1 Å². The van der Waals surface area contributed by atoms with Crippen molar-refractivity contribution in [1.29, 1.82) is 0 Å². The van der Waals surface area contributed by atoms with E-state index in [0.29, 0.717) is 6.54 Å². The fourth-order valence-electron chi connectivity index (χ4n) is 2.88. The number of aryl methyl sites for hydroxylation is 1. The van der Waals surface area contributed by atoms with Crippen LogP contribution in [0.5, 0.6) is 0 Å². The van der Waals surface area contributed by atoms with Gasteiger partial charge in [-0.05, 0) is 0 Å². The number of hydrogen-bond acceptors (Lipinski definition) is 4. The van der Waals surface area contributed by atoms with Gasteiger partial charge in [0, 0.05) is 57.4 Å². The van der Waals surface area contributed by atoms with Crippen molar-refractivity contribution in [3.05, 3.63) is 36.2 Å². The lowest BCUT2D eigenvalue weighted by atomic mass is 10.1. The second kappa shape index (κ2) is 7.54. The van der Waals surface area contributed by atoms with E-state index in [9.17, 15) is 13.2 Å². The van der Waals surface area contributed by atoms with Gasteiger partial charge in [-0.2, -0.15) is 18.3 Å². The van der Waals surface area contributed by atoms with Gasteiger partial charge in [0.25, 0.3) is 0 Å². The molecule has 0 saturated carbocycles. The molecule has 0 radical (unpaired) electrons. The lowest BCUT2D eigenvalue weighted by Crippen LogP contribution is -2.46. The van der Waals surface area contributed by atoms with Crippen LogP contribution in [0.1, 0.15) is 17.4 Å². The first-order valence-corrected chi connectivity index (χ1v) is 7.42. The Morgan fingerprint density at radius 3 is 2.83 bits per heavy atom. The zero-order valence-corrected chi connectivity index (χ0v) is 14.0. The van der Waals surface area contributed by atoms with Crippen LogP contribution < -0.4 is 5.32 Å². The molecule has 134 valence electrons. The molecule has 0 aliphatic carbocycles. The Kier molecular flexibility index (Phi) is 5.89. The molecule has 1 N–H and O–H groups in total. The Labute approximate surface area is 144 Å². The molecule has 3 rings (SSSR count). The molecule has 1 aliphatic rings. The van der Waals surface area contributed by atoms with E-state index in [1.807, 2.05) is 17.8 Å². The highest BCUT2D eigenvalue weighted by molar-refractivity contribution is 5.85. The summed E-state index contributed by atoms with van der Waals surface area (Å²) in [5, 5.41) is 7.14. The molecule has 0 bridgehead atoms. The molecular weight excluding hydrogens is 345 g/mol. The van der Waals surface area contributed by atoms with Gasteiger partial charge in [0.05, 0.1) is 12.2 Å². The Balaban J connectivity index is 0.00000208. The van der Waals surface area contributed by atoms with E-state index in [4.69, 9.17) is 0 Å². The quantitative estimate of drug-likeness (QED) is 0.898. The summed E-state index contributed by atoms with van der Waals surface area (Å²) in [6.07, 6.45) is 2.36. The maximum absolute atomic E-state index is 12.4. The molecule has 1 saturated heterocycles. The SMILES string of the molecule is Cl.Cn1ccnc1C1CNCCN1Cc1cnn(CC(F)(F)F)c1. The predicted octanol–water partition coefficient (Wildman–Crippen LogP) is 1.75. The number of piperazine rings is 1. The molecule has 2 aromatic rings. The lowest BCUT2D eigenvalue weighted by Gasteiger charge is -2.35. The van der Waals surface area contributed by atoms with Crippen LogP contribution in [-0.4, -0.2) is 50.0 Å². The third-order valence-corrected chi connectivity index (χ3v) is 3.92. The second-order valence-corrected chi connectivity index (χ2v) is 5.75. The molecule has 0 amide bonds. The maximum atomic E-state index is 12.4. The van der Waals surface area contributed by atoms with Crippen LogP contribution in [0.4, 0.5) is 13.2 Å². The summed E-state index contributed by atoms with van der Waals surface area (Å²) in [6, 6.07) is 0.0923. The van der Waals surface area contributed by atoms with Crippen molar-refractivity contribution < 1.29 is 13.2 Å². The highest BCUT2D eigenvalue weighted by Gasteiger charge is 2.29. The largest absolute Gasteiger partial charge is 0.408 e. The number of rotatable bonds is 4. The lowest BCUT2D eigenvalue weighted by molar-refractivity contribution is -0.142. The van der Waals surface area contributed by atoms with Gasteiger partial charge < -0.3 is 9.88 Å². The van der Waals surface area contributed by atoms with E-state index < -0.39 is 12.7 Å². The minimum absolute atomic E-state index is 0. The summed E-state index contributed by atoms with van der Waals surface area (Å²) in [5.74, 6) is 0.944. The first-order valence-electron chi connectivity index (χ1n) is 7.42. The minimum atomic E-state index is -4.26. The number of nitrogens with one attached hydrogen (secondary N) is 1. The van der Waals surface area contributed by atoms with Gasteiger partial charge in [-0.1, -0.05) is 0 Å². The Morgan fingerprint density at radius 2 is 2.17 bits per heavy atom. The van der Waals surface area contributed by atoms with E-state index in [-0.39, 0.29) is 18.4 Å². The number of hydrogen-bond donors (Lipinski definition) is 1. The second-order valence-electron chi connectivity index (χ2n) is 5.75. The normalized spacial score (nSPS) is 19.2. The summed E-state index contributed by atoms with van der Waals surface area (Å²) < 4.78 is 40.1. The maximum Gasteiger partial charge on any atom is 0.408 e. The zero-order chi connectivity index (χ0) is 16.4. The average Bonchev–Trinajstić information content (AvgIpc) is 3.07. The van der Waals surface area contributed by atoms with Gasteiger partial charge in [0.15, 0.2) is 0 Å². The molecule has 3 heterocycles. The molecule has 6 nitrogen and oxygen atoms in total. The molecular formula is C14H20ClF3N6. The fourth-order valence-corrected chi connectivity index (χ4v) is 2.88. The van der Waals surface area contributed by atoms with E-state index in [1.165, 1.54) is 12.4 Å². The summed E-state index contributed by atoms with van der Waals surface area (Å²) in [5.41, 5.74) is 0.773. The van der Waals surface area contributed by atoms with Crippen molar-refractivity contribution in [3.63, 3.8) is 0 Å². The van der Waals surface area contributed by atoms with Crippen molar-refractivity contribution in [2.45, 2.75) is 25.3 Å². The molecule has 0 spiro atoms. The zero-order valence-electron chi connectivity index (χ0n) is 13.2. The van der Waals surface area contributed by atoms with Crippen LogP contribution in [0.25, 0.3) is 0 Å². The topological polar surface area (TPSA) is 50.9 Å². The minimum Gasteiger partial charge on any atom is -0.337 e. The summed E-state index contributed by atoms with van der Waals surface area (Å²) in [7, 11) is 1.94. The van der Waals surface area contributed by atoms with Crippen molar-refractivity contribution in [3.8, 4) is 0 Å². The van der Waals surface area contributed by atoms with Gasteiger partial charge in [-0.15, -0.1) is 12.4 Å². The molecule has 1 atom stereocenters. The van der Waals surface area contributed by atoms with Crippen molar-refractivity contribution in [2.24, 2.45) is 7.05 Å². The highest BCUT2D eigenvalue weighted by Crippen LogP contribution is 2.23. The number of halogens is 4. The third-order valence-electron chi connectivity index (χ3n) is 3.92. The highest BCUT2D eigenvalue weighted by atomic mass is 35.5. The molecule has 24 heavy (non-hydrogen) atoms. The monoisotopic (exact) mass is 364 g/mol. The molecule has 1 fully saturated rings. The average molecular weight is 365 g/mol. The van der Waals surface area contributed by atoms with Gasteiger partial charge in [0.2, 0.25) is 0 Å². The third kappa shape index (κ3) is 4.49.